The van der Waals surface area contributed by atoms with Gasteiger partial charge in [0.1, 0.15) is 5.82 Å². The molecule has 29 heavy (non-hydrogen) atoms. The molecule has 1 unspecified atom stereocenters. The summed E-state index contributed by atoms with van der Waals surface area (Å²) in [5, 5.41) is 10.7. The quantitative estimate of drug-likeness (QED) is 0.723. The van der Waals surface area contributed by atoms with Gasteiger partial charge in [-0.2, -0.15) is 0 Å². The summed E-state index contributed by atoms with van der Waals surface area (Å²) in [7, 11) is 0. The summed E-state index contributed by atoms with van der Waals surface area (Å²) in [6.45, 7) is 2.60. The molecule has 150 valence electrons. The van der Waals surface area contributed by atoms with Gasteiger partial charge < -0.3 is 5.32 Å². The molecule has 0 aliphatic carbocycles. The summed E-state index contributed by atoms with van der Waals surface area (Å²) in [6.07, 6.45) is 6.21. The highest BCUT2D eigenvalue weighted by Gasteiger charge is 2.22. The van der Waals surface area contributed by atoms with Crippen molar-refractivity contribution in [2.75, 3.05) is 13.1 Å². The maximum atomic E-state index is 14.3. The third kappa shape index (κ3) is 4.86. The van der Waals surface area contributed by atoms with Gasteiger partial charge in [-0.05, 0) is 43.1 Å². The van der Waals surface area contributed by atoms with Crippen LogP contribution < -0.4 is 5.32 Å². The predicted octanol–water partition coefficient (Wildman–Crippen LogP) is 3.19. The molecule has 3 aromatic rings. The highest BCUT2D eigenvalue weighted by atomic mass is 19.1. The number of amides is 1. The molecule has 0 bridgehead atoms. The van der Waals surface area contributed by atoms with Crippen molar-refractivity contribution in [3.8, 4) is 5.69 Å². The molecule has 1 N–H and O–H groups in total. The molecule has 1 aliphatic heterocycles. The van der Waals surface area contributed by atoms with E-state index in [1.54, 1.807) is 12.3 Å². The van der Waals surface area contributed by atoms with Crippen LogP contribution in [0.25, 0.3) is 5.69 Å². The molecule has 0 radical (unpaired) electrons. The van der Waals surface area contributed by atoms with Crippen molar-refractivity contribution in [3.63, 3.8) is 0 Å². The highest BCUT2D eigenvalue weighted by molar-refractivity contribution is 5.95. The number of rotatable bonds is 5. The summed E-state index contributed by atoms with van der Waals surface area (Å²) in [5.41, 5.74) is 1.88. The Morgan fingerprint density at radius 2 is 2.03 bits per heavy atom. The van der Waals surface area contributed by atoms with Gasteiger partial charge in [0.2, 0.25) is 0 Å². The lowest BCUT2D eigenvalue weighted by Crippen LogP contribution is -2.42. The first kappa shape index (κ1) is 19.3. The Hall–Kier alpha value is -3.06. The Bertz CT molecular complexity index is 945. The lowest BCUT2D eigenvalue weighted by Gasteiger charge is -2.25. The molecule has 1 amide bonds. The van der Waals surface area contributed by atoms with Crippen LogP contribution in [0.1, 0.15) is 35.2 Å². The smallest absolute Gasteiger partial charge is 0.254 e. The van der Waals surface area contributed by atoms with Crippen LogP contribution in [0.15, 0.2) is 60.9 Å². The number of nitrogens with one attached hydrogen (secondary N) is 1. The van der Waals surface area contributed by atoms with Crippen LogP contribution >= 0.6 is 0 Å². The number of likely N-dealkylation sites (tertiary alicyclic amines) is 1. The monoisotopic (exact) mass is 393 g/mol. The maximum absolute atomic E-state index is 14.3. The van der Waals surface area contributed by atoms with Gasteiger partial charge in [-0.25, -0.2) is 9.07 Å². The lowest BCUT2D eigenvalue weighted by atomic mass is 10.1. The number of benzene rings is 2. The zero-order valence-corrected chi connectivity index (χ0v) is 16.2. The first-order valence-corrected chi connectivity index (χ1v) is 9.92. The number of hydrogen-bond donors (Lipinski definition) is 1. The number of carbonyl (C=O) groups excluding carboxylic acids is 1. The molecule has 1 atom stereocenters. The van der Waals surface area contributed by atoms with Crippen molar-refractivity contribution in [1.29, 1.82) is 0 Å². The van der Waals surface area contributed by atoms with Gasteiger partial charge in [0, 0.05) is 19.1 Å². The van der Waals surface area contributed by atoms with Crippen LogP contribution in [-0.4, -0.2) is 44.9 Å². The van der Waals surface area contributed by atoms with Crippen molar-refractivity contribution >= 4 is 5.91 Å². The Kier molecular flexibility index (Phi) is 5.95. The largest absolute Gasteiger partial charge is 0.348 e. The van der Waals surface area contributed by atoms with Gasteiger partial charge in [0.15, 0.2) is 0 Å². The normalized spacial score (nSPS) is 17.6. The van der Waals surface area contributed by atoms with E-state index in [0.29, 0.717) is 5.69 Å². The van der Waals surface area contributed by atoms with Crippen LogP contribution in [0, 0.1) is 5.82 Å². The van der Waals surface area contributed by atoms with Gasteiger partial charge in [0.25, 0.3) is 5.91 Å². The molecule has 7 heteroatoms. The SMILES string of the molecule is O=C(NC1CCCCN(Cc2ccccc2)C1)c1cc(-n2ccnn2)ccc1F. The van der Waals surface area contributed by atoms with Crippen LogP contribution in [0.2, 0.25) is 0 Å². The minimum atomic E-state index is -0.541. The zero-order chi connectivity index (χ0) is 20.1. The number of halogens is 1. The summed E-state index contributed by atoms with van der Waals surface area (Å²) in [5.74, 6) is -0.933. The van der Waals surface area contributed by atoms with E-state index >= 15 is 0 Å². The van der Waals surface area contributed by atoms with Crippen molar-refractivity contribution in [3.05, 3.63) is 77.9 Å². The van der Waals surface area contributed by atoms with Gasteiger partial charge >= 0.3 is 0 Å². The van der Waals surface area contributed by atoms with Crippen LogP contribution in [0.4, 0.5) is 4.39 Å². The third-order valence-electron chi connectivity index (χ3n) is 5.22. The van der Waals surface area contributed by atoms with E-state index in [4.69, 9.17) is 0 Å². The van der Waals surface area contributed by atoms with Crippen molar-refractivity contribution in [2.24, 2.45) is 0 Å². The number of aromatic nitrogens is 3. The second-order valence-electron chi connectivity index (χ2n) is 7.40. The molecular formula is C22H24FN5O. The van der Waals surface area contributed by atoms with E-state index in [9.17, 15) is 9.18 Å². The second kappa shape index (κ2) is 8.96. The van der Waals surface area contributed by atoms with Crippen molar-refractivity contribution in [1.82, 2.24) is 25.2 Å². The van der Waals surface area contributed by atoms with Gasteiger partial charge in [-0.3, -0.25) is 9.69 Å². The molecule has 6 nitrogen and oxygen atoms in total. The van der Waals surface area contributed by atoms with Crippen LogP contribution in [0.3, 0.4) is 0 Å². The highest BCUT2D eigenvalue weighted by Crippen LogP contribution is 2.17. The fraction of sp³-hybridized carbons (Fsp3) is 0.318. The Labute approximate surface area is 169 Å². The second-order valence-corrected chi connectivity index (χ2v) is 7.40. The van der Waals surface area contributed by atoms with Gasteiger partial charge in [-0.1, -0.05) is 42.0 Å². The Morgan fingerprint density at radius 1 is 1.17 bits per heavy atom. The summed E-state index contributed by atoms with van der Waals surface area (Å²) < 4.78 is 15.8. The molecule has 1 saturated heterocycles. The summed E-state index contributed by atoms with van der Waals surface area (Å²) in [6, 6.07) is 14.7. The fourth-order valence-corrected chi connectivity index (χ4v) is 3.76. The molecular weight excluding hydrogens is 369 g/mol. The van der Waals surface area contributed by atoms with Crippen LogP contribution in [-0.2, 0) is 6.54 Å². The predicted molar refractivity (Wildman–Crippen MR) is 108 cm³/mol. The Balaban J connectivity index is 1.45. The van der Waals surface area contributed by atoms with E-state index in [0.717, 1.165) is 38.9 Å². The fourth-order valence-electron chi connectivity index (χ4n) is 3.76. The van der Waals surface area contributed by atoms with E-state index in [2.05, 4.69) is 32.7 Å². The first-order chi connectivity index (χ1) is 14.2. The van der Waals surface area contributed by atoms with Gasteiger partial charge in [0.05, 0.1) is 23.6 Å². The topological polar surface area (TPSA) is 63.1 Å². The third-order valence-corrected chi connectivity index (χ3v) is 5.22. The molecule has 1 aliphatic rings. The molecule has 1 aromatic heterocycles. The van der Waals surface area contributed by atoms with E-state index in [-0.39, 0.29) is 11.6 Å². The van der Waals surface area contributed by atoms with E-state index in [1.165, 1.54) is 28.6 Å². The first-order valence-electron chi connectivity index (χ1n) is 9.92. The average Bonchev–Trinajstić information content (AvgIpc) is 3.18. The molecule has 1 fully saturated rings. The molecule has 4 rings (SSSR count). The minimum absolute atomic E-state index is 0.0110. The zero-order valence-electron chi connectivity index (χ0n) is 16.2. The molecule has 2 heterocycles. The molecule has 2 aromatic carbocycles. The average molecular weight is 393 g/mol. The van der Waals surface area contributed by atoms with Gasteiger partial charge in [-0.15, -0.1) is 5.10 Å². The summed E-state index contributed by atoms with van der Waals surface area (Å²) >= 11 is 0. The standard InChI is InChI=1S/C22H24FN5O/c23-21-10-9-19(28-13-11-24-26-28)14-20(21)22(29)25-18-8-4-5-12-27(16-18)15-17-6-2-1-3-7-17/h1-3,6-7,9-11,13-14,18H,4-5,8,12,15-16H2,(H,25,29). The molecule has 0 spiro atoms. The van der Waals surface area contributed by atoms with Crippen LogP contribution in [0.5, 0.6) is 0 Å². The lowest BCUT2D eigenvalue weighted by molar-refractivity contribution is 0.0921. The number of nitrogens with zero attached hydrogens (tertiary/aromatic N) is 4. The van der Waals surface area contributed by atoms with Crippen molar-refractivity contribution < 1.29 is 9.18 Å². The number of hydrogen-bond acceptors (Lipinski definition) is 4. The van der Waals surface area contributed by atoms with E-state index in [1.807, 2.05) is 18.2 Å². The molecule has 0 saturated carbocycles. The van der Waals surface area contributed by atoms with E-state index < -0.39 is 11.7 Å². The van der Waals surface area contributed by atoms with Crippen molar-refractivity contribution in [2.45, 2.75) is 31.8 Å². The Morgan fingerprint density at radius 3 is 2.83 bits per heavy atom. The maximum Gasteiger partial charge on any atom is 0.254 e. The minimum Gasteiger partial charge on any atom is -0.348 e. The summed E-state index contributed by atoms with van der Waals surface area (Å²) in [4.78, 5) is 15.2. The number of carbonyl (C=O) groups is 1.